The summed E-state index contributed by atoms with van der Waals surface area (Å²) < 4.78 is 41.0. The van der Waals surface area contributed by atoms with Gasteiger partial charge in [-0.25, -0.2) is 13.8 Å². The van der Waals surface area contributed by atoms with Crippen LogP contribution in [0.1, 0.15) is 11.1 Å². The fourth-order valence-electron chi connectivity index (χ4n) is 2.81. The van der Waals surface area contributed by atoms with E-state index in [9.17, 15) is 13.2 Å². The SMILES string of the molecule is COc1cc(/C=N/NC(=O)CN(CCc2ccccc2)S(C)(=O)=O)cc(OC)c1OC. The van der Waals surface area contributed by atoms with Gasteiger partial charge in [0, 0.05) is 12.1 Å². The highest BCUT2D eigenvalue weighted by Gasteiger charge is 2.20. The fraction of sp³-hybridized carbons (Fsp3) is 0.333. The van der Waals surface area contributed by atoms with Crippen LogP contribution in [0.3, 0.4) is 0 Å². The molecule has 0 bridgehead atoms. The van der Waals surface area contributed by atoms with Gasteiger partial charge in [-0.05, 0) is 24.1 Å². The zero-order chi connectivity index (χ0) is 22.9. The first kappa shape index (κ1) is 24.2. The summed E-state index contributed by atoms with van der Waals surface area (Å²) in [5, 5.41) is 3.90. The molecule has 0 heterocycles. The Labute approximate surface area is 182 Å². The molecule has 9 nitrogen and oxygen atoms in total. The smallest absolute Gasteiger partial charge is 0.255 e. The summed E-state index contributed by atoms with van der Waals surface area (Å²) >= 11 is 0. The summed E-state index contributed by atoms with van der Waals surface area (Å²) in [5.74, 6) is 0.771. The topological polar surface area (TPSA) is 107 Å². The number of sulfonamides is 1. The summed E-state index contributed by atoms with van der Waals surface area (Å²) in [5.41, 5.74) is 3.93. The van der Waals surface area contributed by atoms with E-state index in [-0.39, 0.29) is 13.1 Å². The third-order valence-corrected chi connectivity index (χ3v) is 5.62. The molecule has 0 saturated heterocycles. The molecule has 0 fully saturated rings. The number of ether oxygens (including phenoxy) is 3. The van der Waals surface area contributed by atoms with Crippen LogP contribution in [-0.4, -0.2) is 65.5 Å². The molecule has 0 aromatic heterocycles. The molecular formula is C21H27N3O6S. The summed E-state index contributed by atoms with van der Waals surface area (Å²) in [6.07, 6.45) is 2.97. The van der Waals surface area contributed by atoms with Crippen LogP contribution >= 0.6 is 0 Å². The van der Waals surface area contributed by atoms with Crippen molar-refractivity contribution < 1.29 is 27.4 Å². The fourth-order valence-corrected chi connectivity index (χ4v) is 3.59. The predicted octanol–water partition coefficient (Wildman–Crippen LogP) is 1.67. The Morgan fingerprint density at radius 2 is 1.68 bits per heavy atom. The van der Waals surface area contributed by atoms with Crippen molar-refractivity contribution in [1.29, 1.82) is 0 Å². The molecule has 0 aliphatic rings. The molecule has 0 aliphatic heterocycles. The zero-order valence-electron chi connectivity index (χ0n) is 18.0. The van der Waals surface area contributed by atoms with E-state index in [2.05, 4.69) is 10.5 Å². The molecule has 0 spiro atoms. The number of benzene rings is 2. The minimum atomic E-state index is -3.56. The number of rotatable bonds is 11. The average molecular weight is 450 g/mol. The van der Waals surface area contributed by atoms with Gasteiger partial charge < -0.3 is 14.2 Å². The van der Waals surface area contributed by atoms with Gasteiger partial charge in [-0.3, -0.25) is 4.79 Å². The van der Waals surface area contributed by atoms with Gasteiger partial charge in [0.25, 0.3) is 5.91 Å². The molecule has 1 amide bonds. The highest BCUT2D eigenvalue weighted by molar-refractivity contribution is 7.88. The monoisotopic (exact) mass is 449 g/mol. The Bertz CT molecular complexity index is 984. The van der Waals surface area contributed by atoms with E-state index in [1.54, 1.807) is 12.1 Å². The predicted molar refractivity (Wildman–Crippen MR) is 118 cm³/mol. The number of carbonyl (C=O) groups excluding carboxylic acids is 1. The maximum absolute atomic E-state index is 12.2. The Balaban J connectivity index is 2.02. The molecule has 168 valence electrons. The van der Waals surface area contributed by atoms with Crippen molar-refractivity contribution in [3.05, 3.63) is 53.6 Å². The normalized spacial score (nSPS) is 11.5. The van der Waals surface area contributed by atoms with E-state index in [0.717, 1.165) is 16.1 Å². The van der Waals surface area contributed by atoms with Gasteiger partial charge in [-0.1, -0.05) is 30.3 Å². The number of methoxy groups -OCH3 is 3. The largest absolute Gasteiger partial charge is 0.493 e. The molecule has 0 aliphatic carbocycles. The summed E-state index contributed by atoms with van der Waals surface area (Å²) in [6.45, 7) is -0.148. The van der Waals surface area contributed by atoms with Gasteiger partial charge in [0.2, 0.25) is 15.8 Å². The third kappa shape index (κ3) is 7.26. The van der Waals surface area contributed by atoms with Crippen LogP contribution in [0.4, 0.5) is 0 Å². The number of amides is 1. The lowest BCUT2D eigenvalue weighted by Gasteiger charge is -2.18. The molecule has 0 unspecified atom stereocenters. The van der Waals surface area contributed by atoms with Crippen LogP contribution in [0.25, 0.3) is 0 Å². The molecule has 0 atom stereocenters. The second kappa shape index (κ2) is 11.3. The van der Waals surface area contributed by atoms with Crippen molar-refractivity contribution in [2.45, 2.75) is 6.42 Å². The molecular weight excluding hydrogens is 422 g/mol. The standard InChI is InChI=1S/C21H27N3O6S/c1-28-18-12-17(13-19(29-2)21(18)30-3)14-22-23-20(25)15-24(31(4,26)27)11-10-16-8-6-5-7-9-16/h5-9,12-14H,10-11,15H2,1-4H3,(H,23,25)/b22-14+. The Morgan fingerprint density at radius 3 is 2.19 bits per heavy atom. The van der Waals surface area contributed by atoms with Gasteiger partial charge >= 0.3 is 0 Å². The number of carbonyl (C=O) groups is 1. The lowest BCUT2D eigenvalue weighted by atomic mass is 10.1. The molecule has 10 heteroatoms. The molecule has 2 aromatic rings. The lowest BCUT2D eigenvalue weighted by molar-refractivity contribution is -0.121. The summed E-state index contributed by atoms with van der Waals surface area (Å²) in [6, 6.07) is 12.8. The number of hydrazone groups is 1. The van der Waals surface area contributed by atoms with Gasteiger partial charge in [0.1, 0.15) is 0 Å². The van der Waals surface area contributed by atoms with Crippen LogP contribution in [0, 0.1) is 0 Å². The maximum Gasteiger partial charge on any atom is 0.255 e. The maximum atomic E-state index is 12.2. The Kier molecular flexibility index (Phi) is 8.83. The minimum absolute atomic E-state index is 0.187. The molecule has 0 saturated carbocycles. The van der Waals surface area contributed by atoms with E-state index >= 15 is 0 Å². The van der Waals surface area contributed by atoms with Crippen LogP contribution in [0.5, 0.6) is 17.2 Å². The number of hydrogen-bond donors (Lipinski definition) is 1. The van der Waals surface area contributed by atoms with Gasteiger partial charge in [-0.15, -0.1) is 0 Å². The summed E-state index contributed by atoms with van der Waals surface area (Å²) in [7, 11) is 0.931. The van der Waals surface area contributed by atoms with Crippen molar-refractivity contribution in [2.75, 3.05) is 40.7 Å². The van der Waals surface area contributed by atoms with Crippen molar-refractivity contribution in [1.82, 2.24) is 9.73 Å². The number of nitrogens with zero attached hydrogens (tertiary/aromatic N) is 2. The molecule has 2 aromatic carbocycles. The number of hydrogen-bond acceptors (Lipinski definition) is 7. The first-order valence-corrected chi connectivity index (χ1v) is 11.2. The van der Waals surface area contributed by atoms with Gasteiger partial charge in [0.05, 0.1) is 40.3 Å². The molecule has 1 N–H and O–H groups in total. The van der Waals surface area contributed by atoms with Crippen molar-refractivity contribution in [2.24, 2.45) is 5.10 Å². The summed E-state index contributed by atoms with van der Waals surface area (Å²) in [4.78, 5) is 12.2. The third-order valence-electron chi connectivity index (χ3n) is 4.37. The first-order chi connectivity index (χ1) is 14.8. The number of nitrogens with one attached hydrogen (secondary N) is 1. The average Bonchev–Trinajstić information content (AvgIpc) is 2.75. The highest BCUT2D eigenvalue weighted by atomic mass is 32.2. The van der Waals surface area contributed by atoms with E-state index < -0.39 is 15.9 Å². The van der Waals surface area contributed by atoms with E-state index in [1.165, 1.54) is 27.5 Å². The second-order valence-corrected chi connectivity index (χ2v) is 8.57. The molecule has 31 heavy (non-hydrogen) atoms. The van der Waals surface area contributed by atoms with Crippen LogP contribution in [0.2, 0.25) is 0 Å². The van der Waals surface area contributed by atoms with Crippen molar-refractivity contribution >= 4 is 22.1 Å². The molecule has 0 radical (unpaired) electrons. The van der Waals surface area contributed by atoms with Crippen molar-refractivity contribution in [3.63, 3.8) is 0 Å². The second-order valence-electron chi connectivity index (χ2n) is 6.58. The molecule has 2 rings (SSSR count). The minimum Gasteiger partial charge on any atom is -0.493 e. The Hall–Kier alpha value is -3.11. The van der Waals surface area contributed by atoms with Gasteiger partial charge in [-0.2, -0.15) is 9.41 Å². The van der Waals surface area contributed by atoms with Crippen LogP contribution in [-0.2, 0) is 21.2 Å². The van der Waals surface area contributed by atoms with Crippen molar-refractivity contribution in [3.8, 4) is 17.2 Å². The zero-order valence-corrected chi connectivity index (χ0v) is 18.8. The van der Waals surface area contributed by atoms with Crippen LogP contribution < -0.4 is 19.6 Å². The van der Waals surface area contributed by atoms with Crippen LogP contribution in [0.15, 0.2) is 47.6 Å². The van der Waals surface area contributed by atoms with Gasteiger partial charge in [0.15, 0.2) is 11.5 Å². The van der Waals surface area contributed by atoms with E-state index in [4.69, 9.17) is 14.2 Å². The quantitative estimate of drug-likeness (QED) is 0.413. The van der Waals surface area contributed by atoms with E-state index in [1.807, 2.05) is 30.3 Å². The lowest BCUT2D eigenvalue weighted by Crippen LogP contribution is -2.40. The first-order valence-electron chi connectivity index (χ1n) is 9.39. The van der Waals surface area contributed by atoms with E-state index in [0.29, 0.717) is 29.2 Å². The Morgan fingerprint density at radius 1 is 1.06 bits per heavy atom. The highest BCUT2D eigenvalue weighted by Crippen LogP contribution is 2.37.